The van der Waals surface area contributed by atoms with Crippen LogP contribution in [0.25, 0.3) is 20.9 Å². The summed E-state index contributed by atoms with van der Waals surface area (Å²) in [6, 6.07) is 5.55. The Morgan fingerprint density at radius 2 is 1.67 bits per heavy atom. The van der Waals surface area contributed by atoms with E-state index < -0.39 is 0 Å². The van der Waals surface area contributed by atoms with E-state index in [2.05, 4.69) is 52.1 Å². The smallest absolute Gasteiger partial charge is 0.119 e. The predicted molar refractivity (Wildman–Crippen MR) is 140 cm³/mol. The second kappa shape index (κ2) is 14.2. The van der Waals surface area contributed by atoms with Gasteiger partial charge in [-0.3, -0.25) is 0 Å². The first-order valence-electron chi connectivity index (χ1n) is 12.6. The summed E-state index contributed by atoms with van der Waals surface area (Å²) in [5.74, 6) is 2.20. The number of rotatable bonds is 13. The van der Waals surface area contributed by atoms with Gasteiger partial charge in [-0.2, -0.15) is 0 Å². The maximum Gasteiger partial charge on any atom is 0.119 e. The van der Waals surface area contributed by atoms with Gasteiger partial charge >= 0.3 is 0 Å². The van der Waals surface area contributed by atoms with Crippen molar-refractivity contribution in [1.82, 2.24) is 0 Å². The molecular formula is C27H36N6O3. The van der Waals surface area contributed by atoms with Crippen molar-refractivity contribution in [3.63, 3.8) is 0 Å². The first-order valence-corrected chi connectivity index (χ1v) is 12.6. The molecule has 0 N–H and O–H groups in total. The molecule has 3 unspecified atom stereocenters. The van der Waals surface area contributed by atoms with Crippen LogP contribution in [-0.2, 0) is 22.6 Å². The number of ether oxygens (including phenoxy) is 3. The van der Waals surface area contributed by atoms with Gasteiger partial charge in [0.15, 0.2) is 0 Å². The average molecular weight is 493 g/mol. The molecule has 3 rings (SSSR count). The molecule has 0 fully saturated rings. The largest absolute Gasteiger partial charge is 0.497 e. The van der Waals surface area contributed by atoms with Crippen LogP contribution in [0, 0.1) is 11.8 Å². The minimum Gasteiger partial charge on any atom is -0.497 e. The van der Waals surface area contributed by atoms with E-state index in [1.165, 1.54) is 11.1 Å². The molecule has 9 nitrogen and oxygen atoms in total. The highest BCUT2D eigenvalue weighted by Gasteiger charge is 2.23. The summed E-state index contributed by atoms with van der Waals surface area (Å²) in [4.78, 5) is 5.65. The minimum absolute atomic E-state index is 0.130. The van der Waals surface area contributed by atoms with Gasteiger partial charge in [0.05, 0.1) is 39.5 Å². The maximum atomic E-state index is 8.66. The molecule has 0 aromatic heterocycles. The Labute approximate surface area is 213 Å². The molecule has 0 spiro atoms. The van der Waals surface area contributed by atoms with Gasteiger partial charge in [-0.1, -0.05) is 41.8 Å². The van der Waals surface area contributed by atoms with Gasteiger partial charge in [0.1, 0.15) is 11.5 Å². The van der Waals surface area contributed by atoms with E-state index in [1.54, 1.807) is 7.11 Å². The molecule has 0 aliphatic heterocycles. The SMILES string of the molecule is CCC1=CC(CC)CC(OCC2=CC(OC)=CC(COc3cc(CN=[N+]=[N-])cc(CN=[N+]=[N-])c3)C2)C1. The Morgan fingerprint density at radius 1 is 0.944 bits per heavy atom. The Hall–Kier alpha value is -3.38. The Bertz CT molecular complexity index is 1040. The summed E-state index contributed by atoms with van der Waals surface area (Å²) in [5, 5.41) is 7.27. The van der Waals surface area contributed by atoms with Crippen LogP contribution in [0.5, 0.6) is 5.75 Å². The van der Waals surface area contributed by atoms with Crippen LogP contribution in [0.4, 0.5) is 0 Å². The fourth-order valence-corrected chi connectivity index (χ4v) is 4.78. The van der Waals surface area contributed by atoms with Crippen molar-refractivity contribution in [1.29, 1.82) is 0 Å². The number of methoxy groups -OCH3 is 1. The lowest BCUT2D eigenvalue weighted by Crippen LogP contribution is -2.24. The van der Waals surface area contributed by atoms with Crippen molar-refractivity contribution in [2.75, 3.05) is 20.3 Å². The number of allylic oxidation sites excluding steroid dienone is 2. The van der Waals surface area contributed by atoms with Gasteiger partial charge in [0.25, 0.3) is 0 Å². The normalized spacial score (nSPS) is 21.3. The summed E-state index contributed by atoms with van der Waals surface area (Å²) < 4.78 is 18.1. The standard InChI is InChI=1S/C27H36N6O3/c1-4-19-6-20(5-2)10-26(9-19)35-17-23-8-24(14-25(13-23)34-3)18-36-27-11-21(15-30-32-28)7-22(12-27)16-31-33-29/h6-7,11-14,19,24,26H,4-5,8-10,15-18H2,1-3H3. The molecule has 0 saturated carbocycles. The minimum atomic E-state index is 0.130. The van der Waals surface area contributed by atoms with Crippen molar-refractivity contribution in [2.24, 2.45) is 22.1 Å². The molecule has 3 atom stereocenters. The molecule has 0 bridgehead atoms. The topological polar surface area (TPSA) is 125 Å². The van der Waals surface area contributed by atoms with E-state index in [-0.39, 0.29) is 25.1 Å². The summed E-state index contributed by atoms with van der Waals surface area (Å²) in [5.41, 5.74) is 21.6. The zero-order valence-corrected chi connectivity index (χ0v) is 21.5. The molecule has 0 heterocycles. The Balaban J connectivity index is 1.62. The first-order chi connectivity index (χ1) is 17.6. The van der Waals surface area contributed by atoms with Gasteiger partial charge in [0, 0.05) is 15.7 Å². The average Bonchev–Trinajstić information content (AvgIpc) is 2.92. The lowest BCUT2D eigenvalue weighted by Gasteiger charge is -2.29. The van der Waals surface area contributed by atoms with Gasteiger partial charge in [-0.05, 0) is 90.1 Å². The van der Waals surface area contributed by atoms with Crippen molar-refractivity contribution in [3.05, 3.63) is 85.3 Å². The number of benzene rings is 1. The highest BCUT2D eigenvalue weighted by Crippen LogP contribution is 2.31. The monoisotopic (exact) mass is 492 g/mol. The van der Waals surface area contributed by atoms with Gasteiger partial charge < -0.3 is 14.2 Å². The third-order valence-electron chi connectivity index (χ3n) is 6.64. The van der Waals surface area contributed by atoms with Crippen molar-refractivity contribution in [2.45, 2.75) is 65.1 Å². The van der Waals surface area contributed by atoms with E-state index in [1.807, 2.05) is 18.2 Å². The molecule has 0 amide bonds. The second-order valence-corrected chi connectivity index (χ2v) is 9.33. The number of nitrogens with zero attached hydrogens (tertiary/aromatic N) is 6. The molecular weight excluding hydrogens is 456 g/mol. The molecule has 36 heavy (non-hydrogen) atoms. The zero-order valence-electron chi connectivity index (χ0n) is 21.5. The summed E-state index contributed by atoms with van der Waals surface area (Å²) in [6.07, 6.45) is 12.0. The highest BCUT2D eigenvalue weighted by molar-refractivity contribution is 5.35. The van der Waals surface area contributed by atoms with E-state index >= 15 is 0 Å². The fraction of sp³-hybridized carbons (Fsp3) is 0.556. The molecule has 2 aliphatic carbocycles. The van der Waals surface area contributed by atoms with Crippen LogP contribution in [0.1, 0.15) is 57.1 Å². The van der Waals surface area contributed by atoms with Gasteiger partial charge in [-0.15, -0.1) is 0 Å². The molecule has 1 aromatic rings. The lowest BCUT2D eigenvalue weighted by molar-refractivity contribution is 0.0474. The Morgan fingerprint density at radius 3 is 2.28 bits per heavy atom. The van der Waals surface area contributed by atoms with Gasteiger partial charge in [-0.25, -0.2) is 0 Å². The van der Waals surface area contributed by atoms with Crippen LogP contribution in [0.15, 0.2) is 63.6 Å². The predicted octanol–water partition coefficient (Wildman–Crippen LogP) is 7.70. The third-order valence-corrected chi connectivity index (χ3v) is 6.64. The second-order valence-electron chi connectivity index (χ2n) is 9.33. The number of hydrogen-bond acceptors (Lipinski definition) is 5. The van der Waals surface area contributed by atoms with E-state index in [4.69, 9.17) is 25.3 Å². The van der Waals surface area contributed by atoms with Crippen molar-refractivity contribution >= 4 is 0 Å². The molecule has 9 heteroatoms. The lowest BCUT2D eigenvalue weighted by atomic mass is 9.86. The molecule has 0 saturated heterocycles. The van der Waals surface area contributed by atoms with E-state index in [0.717, 1.165) is 49.0 Å². The third kappa shape index (κ3) is 8.38. The molecule has 192 valence electrons. The number of hydrogen-bond donors (Lipinski definition) is 0. The highest BCUT2D eigenvalue weighted by atomic mass is 16.5. The van der Waals surface area contributed by atoms with Crippen LogP contribution < -0.4 is 4.74 Å². The summed E-state index contributed by atoms with van der Waals surface area (Å²) in [6.45, 7) is 5.91. The summed E-state index contributed by atoms with van der Waals surface area (Å²) in [7, 11) is 1.68. The van der Waals surface area contributed by atoms with E-state index in [0.29, 0.717) is 24.9 Å². The molecule has 1 aromatic carbocycles. The maximum absolute atomic E-state index is 8.66. The van der Waals surface area contributed by atoms with E-state index in [9.17, 15) is 0 Å². The Kier molecular flexibility index (Phi) is 10.8. The quantitative estimate of drug-likeness (QED) is 0.121. The number of azide groups is 2. The first kappa shape index (κ1) is 27.2. The molecule has 0 radical (unpaired) electrons. The summed E-state index contributed by atoms with van der Waals surface area (Å²) >= 11 is 0. The zero-order chi connectivity index (χ0) is 25.8. The van der Waals surface area contributed by atoms with Crippen molar-refractivity contribution in [3.8, 4) is 5.75 Å². The van der Waals surface area contributed by atoms with Crippen LogP contribution >= 0.6 is 0 Å². The molecule has 2 aliphatic rings. The van der Waals surface area contributed by atoms with Crippen LogP contribution in [0.2, 0.25) is 0 Å². The van der Waals surface area contributed by atoms with Crippen LogP contribution in [0.3, 0.4) is 0 Å². The van der Waals surface area contributed by atoms with Crippen LogP contribution in [-0.4, -0.2) is 26.4 Å². The van der Waals surface area contributed by atoms with Gasteiger partial charge in [0.2, 0.25) is 0 Å². The fourth-order valence-electron chi connectivity index (χ4n) is 4.78. The van der Waals surface area contributed by atoms with Crippen molar-refractivity contribution < 1.29 is 14.2 Å².